The molecule has 0 heterocycles. The molecule has 0 bridgehead atoms. The quantitative estimate of drug-likeness (QED) is 0.617. The summed E-state index contributed by atoms with van der Waals surface area (Å²) in [5.41, 5.74) is 5.86. The lowest BCUT2D eigenvalue weighted by Crippen LogP contribution is -2.23. The molecule has 3 nitrogen and oxygen atoms in total. The lowest BCUT2D eigenvalue weighted by atomic mass is 10.2. The van der Waals surface area contributed by atoms with Gasteiger partial charge in [0.2, 0.25) is 5.91 Å². The number of allylic oxidation sites excluding steroid dienone is 1. The fraction of sp³-hybridized carbons (Fsp3) is 0.625. The van der Waals surface area contributed by atoms with Crippen molar-refractivity contribution >= 4 is 5.91 Å². The Kier molecular flexibility index (Phi) is 5.25. The van der Waals surface area contributed by atoms with Gasteiger partial charge < -0.3 is 11.1 Å². The summed E-state index contributed by atoms with van der Waals surface area (Å²) >= 11 is 0. The fourth-order valence-corrected chi connectivity index (χ4v) is 0.627. The van der Waals surface area contributed by atoms with Crippen LogP contribution in [-0.2, 0) is 4.79 Å². The van der Waals surface area contributed by atoms with Gasteiger partial charge in [0.25, 0.3) is 0 Å². The van der Waals surface area contributed by atoms with Gasteiger partial charge in [-0.05, 0) is 12.8 Å². The van der Waals surface area contributed by atoms with Crippen molar-refractivity contribution in [1.82, 2.24) is 5.32 Å². The number of hydrogen-bond acceptors (Lipinski definition) is 2. The van der Waals surface area contributed by atoms with Gasteiger partial charge in [0.15, 0.2) is 0 Å². The van der Waals surface area contributed by atoms with Crippen molar-refractivity contribution in [3.63, 3.8) is 0 Å². The molecule has 0 rings (SSSR count). The van der Waals surface area contributed by atoms with Crippen molar-refractivity contribution in [2.75, 3.05) is 6.54 Å². The molecular formula is C8H16N2O. The van der Waals surface area contributed by atoms with Crippen LogP contribution >= 0.6 is 0 Å². The van der Waals surface area contributed by atoms with E-state index in [1.807, 2.05) is 6.92 Å². The molecular weight excluding hydrogens is 140 g/mol. The summed E-state index contributed by atoms with van der Waals surface area (Å²) < 4.78 is 0. The molecule has 0 spiro atoms. The normalized spacial score (nSPS) is 9.18. The highest BCUT2D eigenvalue weighted by atomic mass is 16.1. The summed E-state index contributed by atoms with van der Waals surface area (Å²) in [5.74, 6) is 0.0541. The lowest BCUT2D eigenvalue weighted by Gasteiger charge is -2.01. The third-order valence-electron chi connectivity index (χ3n) is 1.25. The van der Waals surface area contributed by atoms with Crippen LogP contribution in [0.15, 0.2) is 12.3 Å². The Bertz CT molecular complexity index is 143. The molecule has 0 aliphatic heterocycles. The average molecular weight is 156 g/mol. The first-order chi connectivity index (χ1) is 5.16. The highest BCUT2D eigenvalue weighted by Crippen LogP contribution is 1.93. The second kappa shape index (κ2) is 5.77. The fourth-order valence-electron chi connectivity index (χ4n) is 0.627. The molecule has 0 saturated heterocycles. The Labute approximate surface area is 67.7 Å². The number of nitrogens with one attached hydrogen (secondary N) is 1. The number of amides is 1. The summed E-state index contributed by atoms with van der Waals surface area (Å²) in [6.07, 6.45) is 2.00. The molecule has 0 aromatic rings. The van der Waals surface area contributed by atoms with E-state index in [0.717, 1.165) is 13.0 Å². The monoisotopic (exact) mass is 156 g/mol. The van der Waals surface area contributed by atoms with Gasteiger partial charge in [0.1, 0.15) is 0 Å². The van der Waals surface area contributed by atoms with Crippen LogP contribution in [0.4, 0.5) is 0 Å². The number of carbonyl (C=O) groups is 1. The van der Waals surface area contributed by atoms with Gasteiger partial charge in [0, 0.05) is 18.7 Å². The van der Waals surface area contributed by atoms with Crippen molar-refractivity contribution in [2.45, 2.75) is 26.2 Å². The van der Waals surface area contributed by atoms with Crippen molar-refractivity contribution in [3.8, 4) is 0 Å². The van der Waals surface area contributed by atoms with Crippen LogP contribution in [-0.4, -0.2) is 12.5 Å². The Morgan fingerprint density at radius 3 is 2.64 bits per heavy atom. The highest BCUT2D eigenvalue weighted by Gasteiger charge is 1.98. The van der Waals surface area contributed by atoms with E-state index in [4.69, 9.17) is 5.73 Å². The molecule has 0 aliphatic carbocycles. The van der Waals surface area contributed by atoms with Gasteiger partial charge in [-0.15, -0.1) is 0 Å². The van der Waals surface area contributed by atoms with Gasteiger partial charge in [0.05, 0.1) is 0 Å². The molecule has 3 N–H and O–H groups in total. The van der Waals surface area contributed by atoms with Crippen LogP contribution < -0.4 is 11.1 Å². The van der Waals surface area contributed by atoms with Crippen molar-refractivity contribution in [3.05, 3.63) is 12.3 Å². The minimum Gasteiger partial charge on any atom is -0.403 e. The largest absolute Gasteiger partial charge is 0.403 e. The number of carbonyl (C=O) groups excluding carboxylic acids is 1. The maximum atomic E-state index is 10.9. The number of nitrogens with two attached hydrogens (primary N) is 1. The third-order valence-corrected chi connectivity index (χ3v) is 1.25. The predicted molar refractivity (Wildman–Crippen MR) is 45.9 cm³/mol. The molecule has 0 unspecified atom stereocenters. The van der Waals surface area contributed by atoms with Crippen molar-refractivity contribution < 1.29 is 4.79 Å². The first kappa shape index (κ1) is 10.0. The Morgan fingerprint density at radius 2 is 2.18 bits per heavy atom. The molecule has 0 radical (unpaired) electrons. The Morgan fingerprint density at radius 1 is 1.55 bits per heavy atom. The highest BCUT2D eigenvalue weighted by molar-refractivity contribution is 5.76. The van der Waals surface area contributed by atoms with E-state index in [2.05, 4.69) is 11.9 Å². The Balaban J connectivity index is 3.30. The zero-order valence-electron chi connectivity index (χ0n) is 7.02. The summed E-state index contributed by atoms with van der Waals surface area (Å²) in [6, 6.07) is 0. The van der Waals surface area contributed by atoms with E-state index in [1.165, 1.54) is 0 Å². The lowest BCUT2D eigenvalue weighted by molar-refractivity contribution is -0.121. The van der Waals surface area contributed by atoms with E-state index in [0.29, 0.717) is 18.5 Å². The van der Waals surface area contributed by atoms with Gasteiger partial charge >= 0.3 is 0 Å². The molecule has 3 heteroatoms. The van der Waals surface area contributed by atoms with Crippen LogP contribution in [0, 0.1) is 0 Å². The standard InChI is InChI=1S/C8H16N2O/c1-3-6-10-8(11)5-4-7(2)9/h2-6,9H2,1H3,(H,10,11). The van der Waals surface area contributed by atoms with Crippen molar-refractivity contribution in [2.24, 2.45) is 5.73 Å². The van der Waals surface area contributed by atoms with Crippen LogP contribution in [0.5, 0.6) is 0 Å². The van der Waals surface area contributed by atoms with E-state index in [-0.39, 0.29) is 5.91 Å². The van der Waals surface area contributed by atoms with Gasteiger partial charge in [-0.3, -0.25) is 4.79 Å². The van der Waals surface area contributed by atoms with E-state index < -0.39 is 0 Å². The third kappa shape index (κ3) is 6.90. The molecule has 64 valence electrons. The predicted octanol–water partition coefficient (Wildman–Crippen LogP) is 0.765. The second-order valence-corrected chi connectivity index (χ2v) is 2.51. The zero-order valence-corrected chi connectivity index (χ0v) is 7.02. The maximum absolute atomic E-state index is 10.9. The number of hydrogen-bond donors (Lipinski definition) is 2. The van der Waals surface area contributed by atoms with Gasteiger partial charge in [-0.2, -0.15) is 0 Å². The molecule has 11 heavy (non-hydrogen) atoms. The van der Waals surface area contributed by atoms with E-state index in [1.54, 1.807) is 0 Å². The number of rotatable bonds is 5. The zero-order chi connectivity index (χ0) is 8.69. The SMILES string of the molecule is C=C(N)CCC(=O)NCCC. The van der Waals surface area contributed by atoms with Crippen LogP contribution in [0.1, 0.15) is 26.2 Å². The first-order valence-corrected chi connectivity index (χ1v) is 3.86. The molecule has 0 atom stereocenters. The van der Waals surface area contributed by atoms with Crippen LogP contribution in [0.2, 0.25) is 0 Å². The van der Waals surface area contributed by atoms with E-state index in [9.17, 15) is 4.79 Å². The average Bonchev–Trinajstić information content (AvgIpc) is 1.97. The second-order valence-electron chi connectivity index (χ2n) is 2.51. The molecule has 0 aromatic carbocycles. The van der Waals surface area contributed by atoms with Gasteiger partial charge in [-0.25, -0.2) is 0 Å². The molecule has 0 fully saturated rings. The molecule has 0 saturated carbocycles. The first-order valence-electron chi connectivity index (χ1n) is 3.86. The van der Waals surface area contributed by atoms with Gasteiger partial charge in [-0.1, -0.05) is 13.5 Å². The topological polar surface area (TPSA) is 55.1 Å². The molecule has 0 aromatic heterocycles. The molecule has 1 amide bonds. The van der Waals surface area contributed by atoms with Crippen LogP contribution in [0.25, 0.3) is 0 Å². The molecule has 0 aliphatic rings. The van der Waals surface area contributed by atoms with Crippen LogP contribution in [0.3, 0.4) is 0 Å². The minimum atomic E-state index is 0.0541. The summed E-state index contributed by atoms with van der Waals surface area (Å²) in [7, 11) is 0. The van der Waals surface area contributed by atoms with E-state index >= 15 is 0 Å². The maximum Gasteiger partial charge on any atom is 0.220 e. The Hall–Kier alpha value is -0.990. The summed E-state index contributed by atoms with van der Waals surface area (Å²) in [5, 5.41) is 2.75. The smallest absolute Gasteiger partial charge is 0.220 e. The summed E-state index contributed by atoms with van der Waals surface area (Å²) in [4.78, 5) is 10.9. The minimum absolute atomic E-state index is 0.0541. The summed E-state index contributed by atoms with van der Waals surface area (Å²) in [6.45, 7) is 6.27. The van der Waals surface area contributed by atoms with Crippen molar-refractivity contribution in [1.29, 1.82) is 0 Å².